The molecule has 22 heavy (non-hydrogen) atoms. The second-order valence-corrected chi connectivity index (χ2v) is 6.93. The van der Waals surface area contributed by atoms with Crippen LogP contribution in [-0.2, 0) is 4.79 Å². The number of likely N-dealkylation sites (tertiary alicyclic amines) is 1. The van der Waals surface area contributed by atoms with Gasteiger partial charge in [-0.1, -0.05) is 43.2 Å². The molecule has 2 unspecified atom stereocenters. The average molecular weight is 301 g/mol. The van der Waals surface area contributed by atoms with Gasteiger partial charge in [-0.05, 0) is 37.2 Å². The van der Waals surface area contributed by atoms with Gasteiger partial charge in [0.05, 0.1) is 5.54 Å². The van der Waals surface area contributed by atoms with E-state index >= 15 is 0 Å². The molecule has 0 spiro atoms. The van der Waals surface area contributed by atoms with Crippen molar-refractivity contribution in [1.29, 1.82) is 0 Å². The summed E-state index contributed by atoms with van der Waals surface area (Å²) in [5, 5.41) is 0. The van der Waals surface area contributed by atoms with Crippen molar-refractivity contribution in [3.05, 3.63) is 35.9 Å². The van der Waals surface area contributed by atoms with Crippen LogP contribution >= 0.6 is 0 Å². The van der Waals surface area contributed by atoms with Crippen LogP contribution in [0.15, 0.2) is 30.3 Å². The molecule has 2 atom stereocenters. The van der Waals surface area contributed by atoms with Gasteiger partial charge in [-0.3, -0.25) is 9.69 Å². The summed E-state index contributed by atoms with van der Waals surface area (Å²) in [4.78, 5) is 14.1. The first-order valence-electron chi connectivity index (χ1n) is 8.48. The fraction of sp³-hybridized carbons (Fsp3) is 0.611. The first-order chi connectivity index (χ1) is 10.6. The maximum atomic E-state index is 11.5. The van der Waals surface area contributed by atoms with Gasteiger partial charge in [0, 0.05) is 19.1 Å². The summed E-state index contributed by atoms with van der Waals surface area (Å²) in [5.41, 5.74) is 12.3. The van der Waals surface area contributed by atoms with Crippen molar-refractivity contribution in [1.82, 2.24) is 4.90 Å². The van der Waals surface area contributed by atoms with E-state index in [0.29, 0.717) is 24.8 Å². The Labute approximate surface area is 132 Å². The van der Waals surface area contributed by atoms with E-state index in [4.69, 9.17) is 11.5 Å². The molecule has 4 heteroatoms. The molecule has 4 nitrogen and oxygen atoms in total. The zero-order valence-corrected chi connectivity index (χ0v) is 13.2. The van der Waals surface area contributed by atoms with Gasteiger partial charge >= 0.3 is 0 Å². The van der Waals surface area contributed by atoms with Crippen LogP contribution in [0.3, 0.4) is 0 Å². The molecular formula is C18H27N3O. The maximum absolute atomic E-state index is 11.5. The molecule has 1 saturated heterocycles. The standard InChI is InChI=1S/C18H27N3O/c19-17(22)18(20)10-12-21(13-11-18)16-9-5-4-8-15(16)14-6-2-1-3-7-14/h1-3,6-7,15-16H,4-5,8-13,20H2,(H2,19,22). The number of hydrogen-bond donors (Lipinski definition) is 2. The number of rotatable bonds is 3. The van der Waals surface area contributed by atoms with Crippen LogP contribution in [0.4, 0.5) is 0 Å². The minimum Gasteiger partial charge on any atom is -0.368 e. The molecule has 1 aliphatic carbocycles. The zero-order chi connectivity index (χ0) is 15.6. The number of carbonyl (C=O) groups excluding carboxylic acids is 1. The van der Waals surface area contributed by atoms with E-state index in [9.17, 15) is 4.79 Å². The quantitative estimate of drug-likeness (QED) is 0.897. The summed E-state index contributed by atoms with van der Waals surface area (Å²) in [6, 6.07) is 11.4. The second-order valence-electron chi connectivity index (χ2n) is 6.93. The van der Waals surface area contributed by atoms with E-state index in [1.54, 1.807) is 0 Å². The van der Waals surface area contributed by atoms with Crippen LogP contribution in [0.1, 0.15) is 50.0 Å². The number of nitrogens with two attached hydrogens (primary N) is 2. The molecule has 4 N–H and O–H groups in total. The highest BCUT2D eigenvalue weighted by molar-refractivity contribution is 5.84. The van der Waals surface area contributed by atoms with Crippen molar-refractivity contribution in [2.24, 2.45) is 11.5 Å². The number of carbonyl (C=O) groups is 1. The predicted molar refractivity (Wildman–Crippen MR) is 88.4 cm³/mol. The summed E-state index contributed by atoms with van der Waals surface area (Å²) in [5.74, 6) is 0.254. The lowest BCUT2D eigenvalue weighted by atomic mass is 9.77. The Morgan fingerprint density at radius 1 is 1.09 bits per heavy atom. The van der Waals surface area contributed by atoms with Crippen LogP contribution in [0.5, 0.6) is 0 Å². The number of hydrogen-bond acceptors (Lipinski definition) is 3. The minimum absolute atomic E-state index is 0.351. The van der Waals surface area contributed by atoms with Gasteiger partial charge in [0.2, 0.25) is 5.91 Å². The average Bonchev–Trinajstić information content (AvgIpc) is 2.56. The van der Waals surface area contributed by atoms with Gasteiger partial charge in [0.1, 0.15) is 0 Å². The summed E-state index contributed by atoms with van der Waals surface area (Å²) in [6.45, 7) is 1.76. The lowest BCUT2D eigenvalue weighted by Gasteiger charge is -2.45. The van der Waals surface area contributed by atoms with Crippen molar-refractivity contribution in [2.45, 2.75) is 56.0 Å². The Hall–Kier alpha value is -1.39. The number of amides is 1. The largest absolute Gasteiger partial charge is 0.368 e. The van der Waals surface area contributed by atoms with Crippen LogP contribution in [0.2, 0.25) is 0 Å². The Kier molecular flexibility index (Phi) is 4.50. The molecule has 1 aliphatic heterocycles. The molecule has 0 radical (unpaired) electrons. The van der Waals surface area contributed by atoms with Gasteiger partial charge < -0.3 is 11.5 Å². The normalized spacial score (nSPS) is 29.1. The Morgan fingerprint density at radius 2 is 1.73 bits per heavy atom. The molecule has 3 rings (SSSR count). The van der Waals surface area contributed by atoms with Gasteiger partial charge in [0.25, 0.3) is 0 Å². The van der Waals surface area contributed by atoms with Crippen molar-refractivity contribution < 1.29 is 4.79 Å². The molecular weight excluding hydrogens is 274 g/mol. The number of nitrogens with zero attached hydrogens (tertiary/aromatic N) is 1. The Bertz CT molecular complexity index is 508. The van der Waals surface area contributed by atoms with Gasteiger partial charge in [-0.2, -0.15) is 0 Å². The molecule has 2 aliphatic rings. The van der Waals surface area contributed by atoms with E-state index in [1.165, 1.54) is 31.2 Å². The van der Waals surface area contributed by atoms with Gasteiger partial charge in [0.15, 0.2) is 0 Å². The highest BCUT2D eigenvalue weighted by Crippen LogP contribution is 2.37. The maximum Gasteiger partial charge on any atom is 0.237 e. The summed E-state index contributed by atoms with van der Waals surface area (Å²) in [6.07, 6.45) is 6.48. The van der Waals surface area contributed by atoms with Crippen molar-refractivity contribution in [3.63, 3.8) is 0 Å². The first-order valence-corrected chi connectivity index (χ1v) is 8.48. The Balaban J connectivity index is 1.71. The van der Waals surface area contributed by atoms with Crippen LogP contribution in [0.25, 0.3) is 0 Å². The topological polar surface area (TPSA) is 72.3 Å². The van der Waals surface area contributed by atoms with E-state index in [0.717, 1.165) is 13.1 Å². The van der Waals surface area contributed by atoms with E-state index in [-0.39, 0.29) is 5.91 Å². The third-order valence-electron chi connectivity index (χ3n) is 5.61. The minimum atomic E-state index is -0.798. The highest BCUT2D eigenvalue weighted by Gasteiger charge is 2.40. The number of benzene rings is 1. The van der Waals surface area contributed by atoms with Crippen molar-refractivity contribution in [3.8, 4) is 0 Å². The molecule has 0 aromatic heterocycles. The molecule has 1 aromatic carbocycles. The number of piperidine rings is 1. The smallest absolute Gasteiger partial charge is 0.237 e. The van der Waals surface area contributed by atoms with E-state index in [1.807, 2.05) is 0 Å². The number of primary amides is 1. The zero-order valence-electron chi connectivity index (χ0n) is 13.2. The Morgan fingerprint density at radius 3 is 2.36 bits per heavy atom. The molecule has 120 valence electrons. The SMILES string of the molecule is NC(=O)C1(N)CCN(C2CCCCC2c2ccccc2)CC1. The van der Waals surface area contributed by atoms with Crippen molar-refractivity contribution in [2.75, 3.05) is 13.1 Å². The summed E-state index contributed by atoms with van der Waals surface area (Å²) in [7, 11) is 0. The van der Waals surface area contributed by atoms with Crippen LogP contribution in [-0.4, -0.2) is 35.5 Å². The summed E-state index contributed by atoms with van der Waals surface area (Å²) < 4.78 is 0. The predicted octanol–water partition coefficient (Wildman–Crippen LogP) is 1.99. The van der Waals surface area contributed by atoms with Crippen LogP contribution in [0, 0.1) is 0 Å². The molecule has 1 heterocycles. The van der Waals surface area contributed by atoms with Gasteiger partial charge in [-0.25, -0.2) is 0 Å². The monoisotopic (exact) mass is 301 g/mol. The molecule has 1 aromatic rings. The lowest BCUT2D eigenvalue weighted by molar-refractivity contribution is -0.125. The first kappa shape index (κ1) is 15.5. The molecule has 0 bridgehead atoms. The van der Waals surface area contributed by atoms with Gasteiger partial charge in [-0.15, -0.1) is 0 Å². The lowest BCUT2D eigenvalue weighted by Crippen LogP contribution is -2.60. The summed E-state index contributed by atoms with van der Waals surface area (Å²) >= 11 is 0. The molecule has 1 saturated carbocycles. The third kappa shape index (κ3) is 3.03. The fourth-order valence-electron chi connectivity index (χ4n) is 4.14. The van der Waals surface area contributed by atoms with E-state index < -0.39 is 5.54 Å². The highest BCUT2D eigenvalue weighted by atomic mass is 16.1. The second kappa shape index (κ2) is 6.39. The van der Waals surface area contributed by atoms with E-state index in [2.05, 4.69) is 35.2 Å². The fourth-order valence-corrected chi connectivity index (χ4v) is 4.14. The molecule has 2 fully saturated rings. The van der Waals surface area contributed by atoms with Crippen LogP contribution < -0.4 is 11.5 Å². The van der Waals surface area contributed by atoms with Crippen molar-refractivity contribution >= 4 is 5.91 Å². The third-order valence-corrected chi connectivity index (χ3v) is 5.61. The molecule has 1 amide bonds.